The molecule has 0 saturated carbocycles. The van der Waals surface area contributed by atoms with Gasteiger partial charge in [0.2, 0.25) is 0 Å². The molecule has 2 N–H and O–H groups in total. The van der Waals surface area contributed by atoms with Crippen LogP contribution >= 0.6 is 0 Å². The first-order valence-corrected chi connectivity index (χ1v) is 5.85. The van der Waals surface area contributed by atoms with Gasteiger partial charge in [0.25, 0.3) is 0 Å². The van der Waals surface area contributed by atoms with Crippen LogP contribution in [0.2, 0.25) is 0 Å². The highest BCUT2D eigenvalue weighted by molar-refractivity contribution is 5.22. The molecule has 1 saturated heterocycles. The average Bonchev–Trinajstić information content (AvgIpc) is 2.68. The van der Waals surface area contributed by atoms with Crippen LogP contribution in [-0.2, 0) is 0 Å². The number of aliphatic hydroxyl groups is 1. The van der Waals surface area contributed by atoms with Crippen LogP contribution in [0.15, 0.2) is 24.3 Å². The van der Waals surface area contributed by atoms with Crippen molar-refractivity contribution in [3.8, 4) is 0 Å². The summed E-state index contributed by atoms with van der Waals surface area (Å²) in [4.78, 5) is 2.47. The molecular formula is C12H20N2O. The summed E-state index contributed by atoms with van der Waals surface area (Å²) in [5.74, 6) is 0. The van der Waals surface area contributed by atoms with E-state index in [1.54, 1.807) is 0 Å². The maximum absolute atomic E-state index is 8.70. The molecule has 0 amide bonds. The van der Waals surface area contributed by atoms with E-state index in [1.165, 1.54) is 6.42 Å². The number of aliphatic hydroxyl groups excluding tert-OH is 1. The normalized spacial score (nSPS) is 29.7. The molecule has 2 atom stereocenters. The molecule has 0 bridgehead atoms. The number of allylic oxidation sites excluding steroid dienone is 2. The highest BCUT2D eigenvalue weighted by Gasteiger charge is 2.30. The van der Waals surface area contributed by atoms with Crippen molar-refractivity contribution in [3.63, 3.8) is 0 Å². The first kappa shape index (κ1) is 10.9. The first-order chi connectivity index (χ1) is 7.42. The Morgan fingerprint density at radius 3 is 2.93 bits per heavy atom. The second-order valence-corrected chi connectivity index (χ2v) is 4.25. The van der Waals surface area contributed by atoms with Gasteiger partial charge in [0, 0.05) is 31.9 Å². The van der Waals surface area contributed by atoms with E-state index < -0.39 is 0 Å². The van der Waals surface area contributed by atoms with Gasteiger partial charge in [0.1, 0.15) is 0 Å². The number of unbranched alkanes of at least 4 members (excludes halogenated alkanes) is 2. The average molecular weight is 208 g/mol. The van der Waals surface area contributed by atoms with Crippen molar-refractivity contribution in [1.82, 2.24) is 10.2 Å². The Labute approximate surface area is 91.5 Å². The summed E-state index contributed by atoms with van der Waals surface area (Å²) in [5.41, 5.74) is 0. The molecule has 2 unspecified atom stereocenters. The maximum Gasteiger partial charge on any atom is 0.0491 e. The standard InChI is InChI=1S/C12H20N2O/c15-9-5-1-4-8-14-10-13-11-6-2-3-7-12(11)14/h2-3,6-7,11-13,15H,1,4-5,8-10H2. The van der Waals surface area contributed by atoms with Gasteiger partial charge in [-0.05, 0) is 19.3 Å². The van der Waals surface area contributed by atoms with Crippen molar-refractivity contribution in [3.05, 3.63) is 24.3 Å². The van der Waals surface area contributed by atoms with Crippen LogP contribution in [0.3, 0.4) is 0 Å². The van der Waals surface area contributed by atoms with E-state index in [1.807, 2.05) is 0 Å². The highest BCUT2D eigenvalue weighted by atomic mass is 16.2. The SMILES string of the molecule is OCCCCCN1CNC2C=CC=CC21. The summed E-state index contributed by atoms with van der Waals surface area (Å²) in [5, 5.41) is 12.2. The third-order valence-electron chi connectivity index (χ3n) is 3.16. The van der Waals surface area contributed by atoms with Crippen molar-refractivity contribution >= 4 is 0 Å². The molecule has 1 aliphatic heterocycles. The lowest BCUT2D eigenvalue weighted by Crippen LogP contribution is -2.34. The smallest absolute Gasteiger partial charge is 0.0491 e. The molecule has 1 aliphatic carbocycles. The van der Waals surface area contributed by atoms with Gasteiger partial charge in [-0.1, -0.05) is 24.3 Å². The van der Waals surface area contributed by atoms with Crippen molar-refractivity contribution in [1.29, 1.82) is 0 Å². The van der Waals surface area contributed by atoms with Gasteiger partial charge >= 0.3 is 0 Å². The van der Waals surface area contributed by atoms with Crippen LogP contribution in [-0.4, -0.2) is 41.9 Å². The third kappa shape index (κ3) is 2.68. The minimum Gasteiger partial charge on any atom is -0.396 e. The number of hydrogen-bond donors (Lipinski definition) is 2. The summed E-state index contributed by atoms with van der Waals surface area (Å²) in [7, 11) is 0. The minimum atomic E-state index is 0.326. The second kappa shape index (κ2) is 5.45. The van der Waals surface area contributed by atoms with Crippen molar-refractivity contribution in [2.75, 3.05) is 19.8 Å². The van der Waals surface area contributed by atoms with Gasteiger partial charge in [0.15, 0.2) is 0 Å². The molecule has 0 radical (unpaired) electrons. The van der Waals surface area contributed by atoms with Crippen LogP contribution in [0.25, 0.3) is 0 Å². The Balaban J connectivity index is 1.74. The fourth-order valence-corrected chi connectivity index (χ4v) is 2.29. The third-order valence-corrected chi connectivity index (χ3v) is 3.16. The predicted octanol–water partition coefficient (Wildman–Crippen LogP) is 0.875. The van der Waals surface area contributed by atoms with Crippen LogP contribution in [0.4, 0.5) is 0 Å². The van der Waals surface area contributed by atoms with E-state index in [2.05, 4.69) is 34.5 Å². The van der Waals surface area contributed by atoms with Crippen molar-refractivity contribution < 1.29 is 5.11 Å². The molecule has 2 aliphatic rings. The zero-order chi connectivity index (χ0) is 10.5. The summed E-state index contributed by atoms with van der Waals surface area (Å²) in [6, 6.07) is 1.05. The van der Waals surface area contributed by atoms with E-state index in [0.717, 1.165) is 26.1 Å². The van der Waals surface area contributed by atoms with Crippen molar-refractivity contribution in [2.24, 2.45) is 0 Å². The maximum atomic E-state index is 8.70. The lowest BCUT2D eigenvalue weighted by Gasteiger charge is -2.24. The first-order valence-electron chi connectivity index (χ1n) is 5.85. The van der Waals surface area contributed by atoms with Crippen LogP contribution in [0, 0.1) is 0 Å². The Morgan fingerprint density at radius 1 is 1.20 bits per heavy atom. The van der Waals surface area contributed by atoms with Gasteiger partial charge in [0.05, 0.1) is 0 Å². The Morgan fingerprint density at radius 2 is 2.07 bits per heavy atom. The highest BCUT2D eigenvalue weighted by Crippen LogP contribution is 2.18. The number of nitrogens with one attached hydrogen (secondary N) is 1. The zero-order valence-electron chi connectivity index (χ0n) is 9.10. The molecule has 0 spiro atoms. The molecule has 84 valence electrons. The summed E-state index contributed by atoms with van der Waals surface area (Å²) >= 11 is 0. The van der Waals surface area contributed by atoms with Gasteiger partial charge in [-0.15, -0.1) is 0 Å². The van der Waals surface area contributed by atoms with Crippen molar-refractivity contribution in [2.45, 2.75) is 31.3 Å². The Hall–Kier alpha value is -0.640. The minimum absolute atomic E-state index is 0.326. The number of rotatable bonds is 5. The molecule has 3 nitrogen and oxygen atoms in total. The molecule has 0 aromatic rings. The van der Waals surface area contributed by atoms with E-state index >= 15 is 0 Å². The lowest BCUT2D eigenvalue weighted by molar-refractivity contribution is 0.258. The lowest BCUT2D eigenvalue weighted by atomic mass is 10.0. The number of nitrogens with zero attached hydrogens (tertiary/aromatic N) is 1. The Kier molecular flexibility index (Phi) is 3.94. The van der Waals surface area contributed by atoms with E-state index in [-0.39, 0.29) is 0 Å². The topological polar surface area (TPSA) is 35.5 Å². The molecule has 0 aromatic heterocycles. The monoisotopic (exact) mass is 208 g/mol. The Bertz CT molecular complexity index is 250. The molecule has 1 fully saturated rings. The number of hydrogen-bond acceptors (Lipinski definition) is 3. The van der Waals surface area contributed by atoms with Gasteiger partial charge < -0.3 is 5.11 Å². The van der Waals surface area contributed by atoms with Crippen LogP contribution < -0.4 is 5.32 Å². The van der Waals surface area contributed by atoms with E-state index in [0.29, 0.717) is 18.7 Å². The largest absolute Gasteiger partial charge is 0.396 e. The molecule has 2 rings (SSSR count). The van der Waals surface area contributed by atoms with E-state index in [4.69, 9.17) is 5.11 Å². The molecule has 3 heteroatoms. The predicted molar refractivity (Wildman–Crippen MR) is 61.5 cm³/mol. The van der Waals surface area contributed by atoms with Crippen LogP contribution in [0.1, 0.15) is 19.3 Å². The summed E-state index contributed by atoms with van der Waals surface area (Å²) < 4.78 is 0. The zero-order valence-corrected chi connectivity index (χ0v) is 9.10. The van der Waals surface area contributed by atoms with E-state index in [9.17, 15) is 0 Å². The fourth-order valence-electron chi connectivity index (χ4n) is 2.29. The molecular weight excluding hydrogens is 188 g/mol. The molecule has 15 heavy (non-hydrogen) atoms. The van der Waals surface area contributed by atoms with Gasteiger partial charge in [-0.25, -0.2) is 0 Å². The van der Waals surface area contributed by atoms with Gasteiger partial charge in [-0.3, -0.25) is 10.2 Å². The molecule has 1 heterocycles. The quantitative estimate of drug-likeness (QED) is 0.658. The summed E-state index contributed by atoms with van der Waals surface area (Å²) in [6.07, 6.45) is 12.0. The van der Waals surface area contributed by atoms with Crippen LogP contribution in [0.5, 0.6) is 0 Å². The molecule has 0 aromatic carbocycles. The fraction of sp³-hybridized carbons (Fsp3) is 0.667. The number of fused-ring (bicyclic) bond motifs is 1. The second-order valence-electron chi connectivity index (χ2n) is 4.25. The summed E-state index contributed by atoms with van der Waals surface area (Å²) in [6.45, 7) is 2.45. The van der Waals surface area contributed by atoms with Gasteiger partial charge in [-0.2, -0.15) is 0 Å².